The Labute approximate surface area is 113 Å². The zero-order valence-corrected chi connectivity index (χ0v) is 10.6. The molecule has 19 heavy (non-hydrogen) atoms. The third kappa shape index (κ3) is 6.84. The molecule has 0 spiro atoms. The molecule has 0 saturated carbocycles. The van der Waals surface area contributed by atoms with Crippen LogP contribution in [0.25, 0.3) is 0 Å². The maximum Gasteiger partial charge on any atom is 0.116 e. The standard InChI is InChI=1S/C14H18O5/c1-4-7-17-12(10-15)14(19-9-6-3)13(11-16)18-8-5-2/h1-3,12-16H,7-11H2/t12-,13-/m0/s1. The molecule has 0 amide bonds. The van der Waals surface area contributed by atoms with E-state index in [-0.39, 0.29) is 33.0 Å². The van der Waals surface area contributed by atoms with E-state index in [2.05, 4.69) is 17.8 Å². The topological polar surface area (TPSA) is 68.2 Å². The van der Waals surface area contributed by atoms with Crippen LogP contribution < -0.4 is 0 Å². The van der Waals surface area contributed by atoms with Gasteiger partial charge in [-0.2, -0.15) is 0 Å². The molecule has 5 heteroatoms. The van der Waals surface area contributed by atoms with Gasteiger partial charge in [0.1, 0.15) is 38.1 Å². The van der Waals surface area contributed by atoms with Crippen molar-refractivity contribution in [3.63, 3.8) is 0 Å². The Bertz CT molecular complexity index is 320. The summed E-state index contributed by atoms with van der Waals surface area (Å²) in [5, 5.41) is 18.6. The second-order valence-electron chi connectivity index (χ2n) is 3.45. The largest absolute Gasteiger partial charge is 0.394 e. The molecule has 2 atom stereocenters. The summed E-state index contributed by atoms with van der Waals surface area (Å²) in [7, 11) is 0. The molecule has 0 aliphatic rings. The highest BCUT2D eigenvalue weighted by molar-refractivity contribution is 4.90. The van der Waals surface area contributed by atoms with Crippen molar-refractivity contribution < 1.29 is 24.4 Å². The van der Waals surface area contributed by atoms with E-state index in [1.54, 1.807) is 0 Å². The first-order chi connectivity index (χ1) is 9.24. The van der Waals surface area contributed by atoms with Crippen molar-refractivity contribution in [3.05, 3.63) is 0 Å². The quantitative estimate of drug-likeness (QED) is 0.498. The van der Waals surface area contributed by atoms with Gasteiger partial charge in [-0.25, -0.2) is 0 Å². The number of rotatable bonds is 10. The summed E-state index contributed by atoms with van der Waals surface area (Å²) in [4.78, 5) is 0. The molecular formula is C14H18O5. The highest BCUT2D eigenvalue weighted by Gasteiger charge is 2.31. The zero-order valence-electron chi connectivity index (χ0n) is 10.6. The first-order valence-electron chi connectivity index (χ1n) is 5.62. The monoisotopic (exact) mass is 266 g/mol. The van der Waals surface area contributed by atoms with E-state index in [4.69, 9.17) is 33.5 Å². The molecule has 0 saturated heterocycles. The Balaban J connectivity index is 4.77. The fraction of sp³-hybridized carbons (Fsp3) is 0.571. The molecule has 0 aliphatic heterocycles. The third-order valence-electron chi connectivity index (χ3n) is 2.21. The summed E-state index contributed by atoms with van der Waals surface area (Å²) < 4.78 is 15.8. The third-order valence-corrected chi connectivity index (χ3v) is 2.21. The van der Waals surface area contributed by atoms with E-state index in [9.17, 15) is 10.2 Å². The van der Waals surface area contributed by atoms with Crippen molar-refractivity contribution in [1.82, 2.24) is 0 Å². The van der Waals surface area contributed by atoms with Gasteiger partial charge < -0.3 is 24.4 Å². The number of hydrogen-bond acceptors (Lipinski definition) is 5. The first-order valence-corrected chi connectivity index (χ1v) is 5.62. The molecule has 0 fully saturated rings. The maximum atomic E-state index is 9.29. The van der Waals surface area contributed by atoms with Gasteiger partial charge in [0.2, 0.25) is 0 Å². The van der Waals surface area contributed by atoms with Crippen LogP contribution in [0.3, 0.4) is 0 Å². The van der Waals surface area contributed by atoms with Gasteiger partial charge >= 0.3 is 0 Å². The lowest BCUT2D eigenvalue weighted by Crippen LogP contribution is -2.46. The Morgan fingerprint density at radius 2 is 1.11 bits per heavy atom. The lowest BCUT2D eigenvalue weighted by molar-refractivity contribution is -0.146. The van der Waals surface area contributed by atoms with Crippen LogP contribution in [-0.2, 0) is 14.2 Å². The molecule has 0 aromatic rings. The van der Waals surface area contributed by atoms with Gasteiger partial charge in [0.25, 0.3) is 0 Å². The normalized spacial score (nSPS) is 13.3. The van der Waals surface area contributed by atoms with E-state index < -0.39 is 18.3 Å². The van der Waals surface area contributed by atoms with E-state index in [1.807, 2.05) is 0 Å². The minimum atomic E-state index is -0.771. The molecule has 0 radical (unpaired) electrons. The zero-order chi connectivity index (χ0) is 14.5. The Morgan fingerprint density at radius 1 is 0.737 bits per heavy atom. The molecule has 0 aromatic heterocycles. The van der Waals surface area contributed by atoms with Gasteiger partial charge in [-0.15, -0.1) is 19.3 Å². The molecule has 104 valence electrons. The van der Waals surface area contributed by atoms with Gasteiger partial charge in [-0.05, 0) is 0 Å². The minimum Gasteiger partial charge on any atom is -0.394 e. The summed E-state index contributed by atoms with van der Waals surface area (Å²) in [5.41, 5.74) is 0. The average Bonchev–Trinajstić information content (AvgIpc) is 2.44. The maximum absolute atomic E-state index is 9.29. The summed E-state index contributed by atoms with van der Waals surface area (Å²) in [6.45, 7) is -0.737. The Hall–Kier alpha value is -1.52. The second-order valence-corrected chi connectivity index (χ2v) is 3.45. The highest BCUT2D eigenvalue weighted by Crippen LogP contribution is 2.12. The number of hydrogen-bond donors (Lipinski definition) is 2. The molecule has 5 nitrogen and oxygen atoms in total. The van der Waals surface area contributed by atoms with Crippen molar-refractivity contribution in [3.8, 4) is 37.0 Å². The smallest absolute Gasteiger partial charge is 0.116 e. The lowest BCUT2D eigenvalue weighted by atomic mass is 10.1. The summed E-state index contributed by atoms with van der Waals surface area (Å²) in [6, 6.07) is 0. The molecule has 0 rings (SSSR count). The van der Waals surface area contributed by atoms with Crippen LogP contribution in [0.1, 0.15) is 0 Å². The van der Waals surface area contributed by atoms with Crippen LogP contribution >= 0.6 is 0 Å². The summed E-state index contributed by atoms with van der Waals surface area (Å²) >= 11 is 0. The van der Waals surface area contributed by atoms with Crippen LogP contribution in [0.15, 0.2) is 0 Å². The molecule has 0 unspecified atom stereocenters. The number of aliphatic hydroxyl groups excluding tert-OH is 2. The summed E-state index contributed by atoms with van der Waals surface area (Å²) in [6.07, 6.45) is 13.0. The fourth-order valence-electron chi connectivity index (χ4n) is 1.41. The van der Waals surface area contributed by atoms with Gasteiger partial charge in [0.05, 0.1) is 13.2 Å². The molecule has 0 bridgehead atoms. The Morgan fingerprint density at radius 3 is 1.42 bits per heavy atom. The van der Waals surface area contributed by atoms with E-state index in [0.717, 1.165) is 0 Å². The second kappa shape index (κ2) is 11.6. The molecular weight excluding hydrogens is 248 g/mol. The number of ether oxygens (including phenoxy) is 3. The molecule has 0 heterocycles. The van der Waals surface area contributed by atoms with Crippen molar-refractivity contribution in [2.75, 3.05) is 33.0 Å². The summed E-state index contributed by atoms with van der Waals surface area (Å²) in [5.74, 6) is 6.85. The predicted octanol–water partition coefficient (Wildman–Crippen LogP) is -0.974. The predicted molar refractivity (Wildman–Crippen MR) is 69.9 cm³/mol. The highest BCUT2D eigenvalue weighted by atomic mass is 16.6. The van der Waals surface area contributed by atoms with Gasteiger partial charge in [0, 0.05) is 0 Å². The van der Waals surface area contributed by atoms with Crippen LogP contribution in [0.4, 0.5) is 0 Å². The van der Waals surface area contributed by atoms with Crippen molar-refractivity contribution in [2.24, 2.45) is 0 Å². The van der Waals surface area contributed by atoms with Crippen LogP contribution in [0.5, 0.6) is 0 Å². The first kappa shape index (κ1) is 17.5. The van der Waals surface area contributed by atoms with Gasteiger partial charge in [-0.3, -0.25) is 0 Å². The molecule has 0 aromatic carbocycles. The number of aliphatic hydroxyl groups is 2. The van der Waals surface area contributed by atoms with E-state index >= 15 is 0 Å². The minimum absolute atomic E-state index is 0.00553. The van der Waals surface area contributed by atoms with Crippen LogP contribution in [-0.4, -0.2) is 61.6 Å². The van der Waals surface area contributed by atoms with Gasteiger partial charge in [-0.1, -0.05) is 17.8 Å². The lowest BCUT2D eigenvalue weighted by Gasteiger charge is -2.30. The van der Waals surface area contributed by atoms with Gasteiger partial charge in [0.15, 0.2) is 0 Å². The SMILES string of the molecule is C#CCOC([C@H](CO)OCC#C)[C@H](CO)OCC#C. The van der Waals surface area contributed by atoms with E-state index in [0.29, 0.717) is 0 Å². The van der Waals surface area contributed by atoms with Crippen LogP contribution in [0.2, 0.25) is 0 Å². The molecule has 0 aliphatic carbocycles. The van der Waals surface area contributed by atoms with Crippen molar-refractivity contribution >= 4 is 0 Å². The fourth-order valence-corrected chi connectivity index (χ4v) is 1.41. The number of terminal acetylenes is 3. The average molecular weight is 266 g/mol. The molecule has 2 N–H and O–H groups in total. The van der Waals surface area contributed by atoms with E-state index in [1.165, 1.54) is 0 Å². The van der Waals surface area contributed by atoms with Crippen molar-refractivity contribution in [2.45, 2.75) is 18.3 Å². The Kier molecular flexibility index (Phi) is 10.6. The van der Waals surface area contributed by atoms with Crippen LogP contribution in [0, 0.1) is 37.0 Å². The van der Waals surface area contributed by atoms with Crippen molar-refractivity contribution in [1.29, 1.82) is 0 Å².